The molecule has 1 aromatic heterocycles. The number of anilines is 1. The molecule has 10 heteroatoms. The first kappa shape index (κ1) is 23.1. The molecule has 2 fully saturated rings. The van der Waals surface area contributed by atoms with Crippen LogP contribution in [0.4, 0.5) is 5.69 Å². The van der Waals surface area contributed by atoms with Crippen LogP contribution in [0.15, 0.2) is 41.5 Å². The number of amides is 1. The molecule has 0 aliphatic carbocycles. The highest BCUT2D eigenvalue weighted by molar-refractivity contribution is 5.92. The molecule has 1 aromatic carbocycles. The van der Waals surface area contributed by atoms with Crippen molar-refractivity contribution in [3.63, 3.8) is 0 Å². The molecule has 0 radical (unpaired) electrons. The van der Waals surface area contributed by atoms with Gasteiger partial charge in [-0.1, -0.05) is 12.1 Å². The Morgan fingerprint density at radius 3 is 2.55 bits per heavy atom. The lowest BCUT2D eigenvalue weighted by atomic mass is 10.0. The number of aromatic nitrogens is 1. The van der Waals surface area contributed by atoms with Crippen LogP contribution >= 0.6 is 0 Å². The summed E-state index contributed by atoms with van der Waals surface area (Å²) in [6, 6.07) is 10.0. The van der Waals surface area contributed by atoms with Crippen molar-refractivity contribution in [1.29, 1.82) is 5.53 Å². The minimum absolute atomic E-state index is 0.368. The first-order valence-electron chi connectivity index (χ1n) is 11.2. The lowest BCUT2D eigenvalue weighted by Gasteiger charge is -2.30. The topological polar surface area (TPSA) is 126 Å². The molecule has 2 saturated heterocycles. The van der Waals surface area contributed by atoms with Crippen LogP contribution in [0.5, 0.6) is 5.88 Å². The van der Waals surface area contributed by atoms with Gasteiger partial charge in [0.1, 0.15) is 12.6 Å². The fourth-order valence-electron chi connectivity index (χ4n) is 4.01. The second-order valence-corrected chi connectivity index (χ2v) is 8.01. The molecule has 3 heterocycles. The number of morpholine rings is 2. The van der Waals surface area contributed by atoms with Crippen LogP contribution in [0.2, 0.25) is 0 Å². The van der Waals surface area contributed by atoms with E-state index in [-0.39, 0.29) is 0 Å². The fourth-order valence-corrected chi connectivity index (χ4v) is 4.01. The zero-order valence-electron chi connectivity index (χ0n) is 18.6. The van der Waals surface area contributed by atoms with Crippen LogP contribution in [-0.2, 0) is 9.47 Å². The number of nitrogens with two attached hydrogens (primary N) is 1. The van der Waals surface area contributed by atoms with Crippen LogP contribution in [-0.4, -0.2) is 81.5 Å². The van der Waals surface area contributed by atoms with Crippen molar-refractivity contribution in [1.82, 2.24) is 9.88 Å². The summed E-state index contributed by atoms with van der Waals surface area (Å²) in [5, 5.41) is 3.82. The molecular formula is C23H30N6O4. The third kappa shape index (κ3) is 6.04. The summed E-state index contributed by atoms with van der Waals surface area (Å²) < 4.78 is 16.9. The number of rotatable bonds is 9. The van der Waals surface area contributed by atoms with Gasteiger partial charge in [0.25, 0.3) is 0 Å². The summed E-state index contributed by atoms with van der Waals surface area (Å²) in [5.74, 6) is -0.0373. The van der Waals surface area contributed by atoms with E-state index in [0.29, 0.717) is 42.5 Å². The summed E-state index contributed by atoms with van der Waals surface area (Å²) in [6.45, 7) is 7.38. The highest BCUT2D eigenvalue weighted by Crippen LogP contribution is 2.31. The maximum Gasteiger partial charge on any atom is 0.248 e. The SMILES string of the molecule is N=NC(c1cccc(C(N)=O)c1)c1cc(N2CCOCC2)cc(OCCN2CCOCC2)n1. The van der Waals surface area contributed by atoms with Gasteiger partial charge in [-0.05, 0) is 23.8 Å². The van der Waals surface area contributed by atoms with Crippen molar-refractivity contribution in [3.05, 3.63) is 53.2 Å². The number of hydrogen-bond donors (Lipinski definition) is 2. The number of hydrogen-bond acceptors (Lipinski definition) is 9. The Hall–Kier alpha value is -3.08. The smallest absolute Gasteiger partial charge is 0.248 e. The van der Waals surface area contributed by atoms with Gasteiger partial charge in [0.2, 0.25) is 11.8 Å². The molecule has 0 spiro atoms. The average molecular weight is 455 g/mol. The largest absolute Gasteiger partial charge is 0.476 e. The van der Waals surface area contributed by atoms with Crippen LogP contribution in [0.3, 0.4) is 0 Å². The maximum atomic E-state index is 11.6. The highest BCUT2D eigenvalue weighted by Gasteiger charge is 2.21. The van der Waals surface area contributed by atoms with Gasteiger partial charge in [0, 0.05) is 50.0 Å². The zero-order chi connectivity index (χ0) is 23.0. The molecule has 1 amide bonds. The van der Waals surface area contributed by atoms with Crippen molar-refractivity contribution in [2.24, 2.45) is 10.8 Å². The zero-order valence-corrected chi connectivity index (χ0v) is 18.6. The Balaban J connectivity index is 1.59. The molecule has 2 aromatic rings. The molecule has 0 saturated carbocycles. The summed E-state index contributed by atoms with van der Waals surface area (Å²) in [5.41, 5.74) is 15.9. The number of nitrogens with one attached hydrogen (secondary N) is 1. The maximum absolute atomic E-state index is 11.6. The van der Waals surface area contributed by atoms with E-state index in [1.165, 1.54) is 0 Å². The van der Waals surface area contributed by atoms with Crippen LogP contribution in [0, 0.1) is 5.53 Å². The van der Waals surface area contributed by atoms with Crippen molar-refractivity contribution in [3.8, 4) is 5.88 Å². The molecule has 0 bridgehead atoms. The van der Waals surface area contributed by atoms with Gasteiger partial charge in [-0.2, -0.15) is 5.11 Å². The van der Waals surface area contributed by atoms with E-state index in [1.807, 2.05) is 18.2 Å². The Kier molecular flexibility index (Phi) is 7.82. The monoisotopic (exact) mass is 454 g/mol. The van der Waals surface area contributed by atoms with Gasteiger partial charge >= 0.3 is 0 Å². The third-order valence-corrected chi connectivity index (χ3v) is 5.84. The summed E-state index contributed by atoms with van der Waals surface area (Å²) >= 11 is 0. The molecule has 2 aliphatic rings. The van der Waals surface area contributed by atoms with Gasteiger partial charge in [-0.25, -0.2) is 10.5 Å². The van der Waals surface area contributed by atoms with E-state index in [0.717, 1.165) is 51.6 Å². The molecule has 3 N–H and O–H groups in total. The number of carbonyl (C=O) groups excluding carboxylic acids is 1. The van der Waals surface area contributed by atoms with Gasteiger partial charge < -0.3 is 24.8 Å². The molecule has 1 atom stereocenters. The second kappa shape index (κ2) is 11.2. The number of primary amides is 1. The minimum atomic E-state index is -0.674. The Morgan fingerprint density at radius 1 is 1.12 bits per heavy atom. The third-order valence-electron chi connectivity index (χ3n) is 5.84. The Morgan fingerprint density at radius 2 is 1.85 bits per heavy atom. The number of pyridine rings is 1. The lowest BCUT2D eigenvalue weighted by Crippen LogP contribution is -2.38. The van der Waals surface area contributed by atoms with Crippen molar-refractivity contribution < 1.29 is 19.0 Å². The molecular weight excluding hydrogens is 424 g/mol. The van der Waals surface area contributed by atoms with Gasteiger partial charge in [-0.3, -0.25) is 9.69 Å². The summed E-state index contributed by atoms with van der Waals surface area (Å²) in [4.78, 5) is 20.8. The van der Waals surface area contributed by atoms with E-state index in [2.05, 4.69) is 19.9 Å². The van der Waals surface area contributed by atoms with E-state index >= 15 is 0 Å². The number of ether oxygens (including phenoxy) is 3. The minimum Gasteiger partial charge on any atom is -0.476 e. The van der Waals surface area contributed by atoms with Crippen LogP contribution < -0.4 is 15.4 Å². The number of benzene rings is 1. The molecule has 33 heavy (non-hydrogen) atoms. The van der Waals surface area contributed by atoms with Crippen molar-refractivity contribution >= 4 is 11.6 Å². The van der Waals surface area contributed by atoms with Crippen LogP contribution in [0.1, 0.15) is 27.7 Å². The Labute approximate surface area is 193 Å². The van der Waals surface area contributed by atoms with E-state index in [9.17, 15) is 4.79 Å². The molecule has 4 rings (SSSR count). The van der Waals surface area contributed by atoms with Crippen molar-refractivity contribution in [2.75, 3.05) is 70.7 Å². The lowest BCUT2D eigenvalue weighted by molar-refractivity contribution is 0.0320. The molecule has 2 aliphatic heterocycles. The summed E-state index contributed by atoms with van der Waals surface area (Å²) in [6.07, 6.45) is 0. The number of nitrogens with zero attached hydrogens (tertiary/aromatic N) is 4. The Bertz CT molecular complexity index is 960. The highest BCUT2D eigenvalue weighted by atomic mass is 16.5. The predicted molar refractivity (Wildman–Crippen MR) is 122 cm³/mol. The number of carbonyl (C=O) groups is 1. The van der Waals surface area contributed by atoms with E-state index in [4.69, 9.17) is 25.5 Å². The summed E-state index contributed by atoms with van der Waals surface area (Å²) in [7, 11) is 0. The van der Waals surface area contributed by atoms with E-state index < -0.39 is 11.9 Å². The normalized spacial score (nSPS) is 18.0. The van der Waals surface area contributed by atoms with Crippen molar-refractivity contribution in [2.45, 2.75) is 6.04 Å². The molecule has 1 unspecified atom stereocenters. The first-order chi connectivity index (χ1) is 16.1. The van der Waals surface area contributed by atoms with Gasteiger partial charge in [-0.15, -0.1) is 0 Å². The van der Waals surface area contributed by atoms with Gasteiger partial charge in [0.05, 0.1) is 32.1 Å². The fraction of sp³-hybridized carbons (Fsp3) is 0.478. The quantitative estimate of drug-likeness (QED) is 0.554. The predicted octanol–water partition coefficient (Wildman–Crippen LogP) is 1.85. The molecule has 10 nitrogen and oxygen atoms in total. The van der Waals surface area contributed by atoms with Gasteiger partial charge in [0.15, 0.2) is 0 Å². The molecule has 176 valence electrons. The first-order valence-corrected chi connectivity index (χ1v) is 11.2. The van der Waals surface area contributed by atoms with Crippen LogP contribution in [0.25, 0.3) is 0 Å². The average Bonchev–Trinajstić information content (AvgIpc) is 2.86. The van der Waals surface area contributed by atoms with E-state index in [1.54, 1.807) is 18.2 Å². The standard InChI is InChI=1S/C23H30N6O4/c24-23(30)18-3-1-2-17(14-18)22(27-25)20-15-19(29-7-11-32-12-8-29)16-21(26-20)33-13-6-28-4-9-31-10-5-28/h1-3,14-16,22,25H,4-13H2,(H2,24,30). The second-order valence-electron chi connectivity index (χ2n) is 8.01.